The molecular weight excluding hydrogens is 356 g/mol. The third-order valence-electron chi connectivity index (χ3n) is 4.64. The molecular formula is C20H32N6O2. The fourth-order valence-corrected chi connectivity index (χ4v) is 2.74. The molecule has 0 bridgehead atoms. The maximum atomic E-state index is 5.52. The Balaban J connectivity index is 2.19. The fraction of sp³-hybridized carbons (Fsp3) is 0.550. The molecule has 1 unspecified atom stereocenters. The Morgan fingerprint density at radius 3 is 2.64 bits per heavy atom. The number of benzene rings is 1. The smallest absolute Gasteiger partial charge is 0.192 e. The Hall–Kier alpha value is -2.77. The van der Waals surface area contributed by atoms with Crippen LogP contribution >= 0.6 is 0 Å². The van der Waals surface area contributed by atoms with Gasteiger partial charge in [-0.3, -0.25) is 0 Å². The fourth-order valence-electron chi connectivity index (χ4n) is 2.74. The van der Waals surface area contributed by atoms with E-state index >= 15 is 0 Å². The molecule has 0 fully saturated rings. The van der Waals surface area contributed by atoms with Gasteiger partial charge in [0.2, 0.25) is 0 Å². The molecule has 2 N–H and O–H groups in total. The molecule has 0 aliphatic rings. The highest BCUT2D eigenvalue weighted by Crippen LogP contribution is 2.29. The molecule has 0 amide bonds. The minimum absolute atomic E-state index is 0.0286. The van der Waals surface area contributed by atoms with Crippen molar-refractivity contribution in [2.75, 3.05) is 20.8 Å². The van der Waals surface area contributed by atoms with Crippen LogP contribution in [0.5, 0.6) is 11.5 Å². The van der Waals surface area contributed by atoms with Crippen molar-refractivity contribution < 1.29 is 9.47 Å². The first kappa shape index (κ1) is 21.5. The molecule has 1 heterocycles. The number of unbranched alkanes of at least 4 members (excludes halogenated alkanes) is 1. The number of nitrogens with zero attached hydrogens (tertiary/aromatic N) is 4. The molecule has 0 spiro atoms. The van der Waals surface area contributed by atoms with Crippen molar-refractivity contribution in [3.63, 3.8) is 0 Å². The van der Waals surface area contributed by atoms with Crippen molar-refractivity contribution in [1.29, 1.82) is 0 Å². The van der Waals surface area contributed by atoms with E-state index in [2.05, 4.69) is 34.7 Å². The number of ether oxygens (including phenoxy) is 2. The minimum Gasteiger partial charge on any atom is -0.497 e. The van der Waals surface area contributed by atoms with Crippen LogP contribution in [0.25, 0.3) is 0 Å². The second kappa shape index (κ2) is 10.5. The summed E-state index contributed by atoms with van der Waals surface area (Å²) in [7, 11) is 5.27. The van der Waals surface area contributed by atoms with Crippen molar-refractivity contribution >= 4 is 5.96 Å². The first-order valence-corrected chi connectivity index (χ1v) is 9.61. The molecule has 0 radical (unpaired) electrons. The molecule has 0 saturated heterocycles. The summed E-state index contributed by atoms with van der Waals surface area (Å²) in [6.07, 6.45) is 2.18. The minimum atomic E-state index is -0.0286. The molecule has 1 aromatic carbocycles. The highest BCUT2D eigenvalue weighted by atomic mass is 16.5. The number of rotatable bonds is 9. The topological polar surface area (TPSA) is 85.6 Å². The predicted octanol–water partition coefficient (Wildman–Crippen LogP) is 2.74. The van der Waals surface area contributed by atoms with Crippen LogP contribution in [0.15, 0.2) is 23.2 Å². The number of aryl methyl sites for hydroxylation is 1. The van der Waals surface area contributed by atoms with Crippen molar-refractivity contribution in [1.82, 2.24) is 25.4 Å². The number of hydrogen-bond donors (Lipinski definition) is 2. The summed E-state index contributed by atoms with van der Waals surface area (Å²) in [5.74, 6) is 4.01. The zero-order chi connectivity index (χ0) is 20.5. The van der Waals surface area contributed by atoms with Crippen LogP contribution in [-0.4, -0.2) is 41.5 Å². The monoisotopic (exact) mass is 388 g/mol. The lowest BCUT2D eigenvalue weighted by molar-refractivity contribution is 0.394. The maximum absolute atomic E-state index is 5.52. The number of aliphatic imine (C=N–C) groups is 1. The zero-order valence-corrected chi connectivity index (χ0v) is 17.7. The van der Waals surface area contributed by atoms with Gasteiger partial charge in [0.15, 0.2) is 11.8 Å². The first-order chi connectivity index (χ1) is 13.5. The van der Waals surface area contributed by atoms with E-state index in [1.807, 2.05) is 36.7 Å². The van der Waals surface area contributed by atoms with Crippen LogP contribution in [0, 0.1) is 6.92 Å². The first-order valence-electron chi connectivity index (χ1n) is 9.61. The van der Waals surface area contributed by atoms with Crippen molar-refractivity contribution in [3.8, 4) is 11.5 Å². The van der Waals surface area contributed by atoms with E-state index in [0.717, 1.165) is 54.1 Å². The molecule has 0 aliphatic heterocycles. The van der Waals surface area contributed by atoms with Crippen LogP contribution in [-0.2, 0) is 13.6 Å². The van der Waals surface area contributed by atoms with Gasteiger partial charge in [0.1, 0.15) is 23.9 Å². The second-order valence-corrected chi connectivity index (χ2v) is 6.64. The lowest BCUT2D eigenvalue weighted by Crippen LogP contribution is -2.39. The molecule has 8 heteroatoms. The van der Waals surface area contributed by atoms with Crippen molar-refractivity contribution in [2.24, 2.45) is 12.0 Å². The molecule has 0 saturated carbocycles. The summed E-state index contributed by atoms with van der Waals surface area (Å²) in [6, 6.07) is 5.75. The Labute approximate surface area is 167 Å². The Bertz CT molecular complexity index is 787. The molecule has 2 rings (SSSR count). The van der Waals surface area contributed by atoms with Crippen molar-refractivity contribution in [3.05, 3.63) is 35.4 Å². The summed E-state index contributed by atoms with van der Waals surface area (Å²) in [5.41, 5.74) is 1.00. The van der Waals surface area contributed by atoms with Gasteiger partial charge in [-0.1, -0.05) is 13.3 Å². The van der Waals surface area contributed by atoms with E-state index < -0.39 is 0 Å². The Morgan fingerprint density at radius 2 is 2.04 bits per heavy atom. The Kier molecular flexibility index (Phi) is 8.10. The van der Waals surface area contributed by atoms with Gasteiger partial charge in [-0.15, -0.1) is 10.2 Å². The normalized spacial score (nSPS) is 12.6. The number of methoxy groups -OCH3 is 2. The summed E-state index contributed by atoms with van der Waals surface area (Å²) < 4.78 is 12.8. The third kappa shape index (κ3) is 5.61. The third-order valence-corrected chi connectivity index (χ3v) is 4.64. The van der Waals surface area contributed by atoms with E-state index in [-0.39, 0.29) is 6.04 Å². The maximum Gasteiger partial charge on any atom is 0.192 e. The zero-order valence-electron chi connectivity index (χ0n) is 17.7. The Morgan fingerprint density at radius 1 is 1.25 bits per heavy atom. The average molecular weight is 389 g/mol. The predicted molar refractivity (Wildman–Crippen MR) is 111 cm³/mol. The van der Waals surface area contributed by atoms with Gasteiger partial charge in [0.25, 0.3) is 0 Å². The average Bonchev–Trinajstić information content (AvgIpc) is 3.03. The van der Waals surface area contributed by atoms with Gasteiger partial charge in [-0.25, -0.2) is 4.99 Å². The SMILES string of the molecule is CCCCNC(=NCc1nnc(C)n1C)NC(C)c1cc(OC)ccc1OC. The number of guanidine groups is 1. The molecule has 28 heavy (non-hydrogen) atoms. The van der Waals surface area contributed by atoms with Crippen LogP contribution in [0.2, 0.25) is 0 Å². The van der Waals surface area contributed by atoms with Gasteiger partial charge >= 0.3 is 0 Å². The molecule has 154 valence electrons. The summed E-state index contributed by atoms with van der Waals surface area (Å²) in [6.45, 7) is 7.46. The van der Waals surface area contributed by atoms with Crippen LogP contribution in [0.3, 0.4) is 0 Å². The van der Waals surface area contributed by atoms with Gasteiger partial charge < -0.3 is 24.7 Å². The second-order valence-electron chi connectivity index (χ2n) is 6.64. The molecule has 1 atom stereocenters. The van der Waals surface area contributed by atoms with E-state index in [1.165, 1.54) is 0 Å². The van der Waals surface area contributed by atoms with Gasteiger partial charge in [0, 0.05) is 19.2 Å². The van der Waals surface area contributed by atoms with Crippen LogP contribution in [0.4, 0.5) is 0 Å². The standard InChI is InChI=1S/C20H32N6O2/c1-7-8-11-21-20(22-13-19-25-24-15(3)26(19)4)23-14(2)17-12-16(27-5)9-10-18(17)28-6/h9-10,12,14H,7-8,11,13H2,1-6H3,(H2,21,22,23). The lowest BCUT2D eigenvalue weighted by Gasteiger charge is -2.21. The quantitative estimate of drug-likeness (QED) is 0.390. The highest BCUT2D eigenvalue weighted by Gasteiger charge is 2.15. The van der Waals surface area contributed by atoms with Crippen molar-refractivity contribution in [2.45, 2.75) is 46.2 Å². The number of nitrogens with one attached hydrogen (secondary N) is 2. The van der Waals surface area contributed by atoms with E-state index in [4.69, 9.17) is 14.5 Å². The van der Waals surface area contributed by atoms with Gasteiger partial charge in [0.05, 0.1) is 20.3 Å². The largest absolute Gasteiger partial charge is 0.497 e. The van der Waals surface area contributed by atoms with Gasteiger partial charge in [-0.2, -0.15) is 0 Å². The van der Waals surface area contributed by atoms with E-state index in [0.29, 0.717) is 6.54 Å². The lowest BCUT2D eigenvalue weighted by atomic mass is 10.1. The van der Waals surface area contributed by atoms with Crippen LogP contribution in [0.1, 0.15) is 49.9 Å². The van der Waals surface area contributed by atoms with Gasteiger partial charge in [-0.05, 0) is 38.5 Å². The van der Waals surface area contributed by atoms with Crippen LogP contribution < -0.4 is 20.1 Å². The highest BCUT2D eigenvalue weighted by molar-refractivity contribution is 5.80. The summed E-state index contributed by atoms with van der Waals surface area (Å²) in [5, 5.41) is 15.1. The number of aromatic nitrogens is 3. The summed E-state index contributed by atoms with van der Waals surface area (Å²) >= 11 is 0. The number of hydrogen-bond acceptors (Lipinski definition) is 5. The summed E-state index contributed by atoms with van der Waals surface area (Å²) in [4.78, 5) is 4.70. The molecule has 1 aromatic heterocycles. The molecule has 0 aliphatic carbocycles. The molecule has 8 nitrogen and oxygen atoms in total. The molecule has 2 aromatic rings. The van der Waals surface area contributed by atoms with E-state index in [9.17, 15) is 0 Å². The van der Waals surface area contributed by atoms with E-state index in [1.54, 1.807) is 14.2 Å².